The highest BCUT2D eigenvalue weighted by Crippen LogP contribution is 2.46. The number of halogens is 4. The Kier molecular flexibility index (Phi) is 15.6. The van der Waals surface area contributed by atoms with Gasteiger partial charge >= 0.3 is 17.7 Å². The number of hydrogen-bond acceptors (Lipinski definition) is 12. The van der Waals surface area contributed by atoms with Gasteiger partial charge in [-0.15, -0.1) is 0 Å². The van der Waals surface area contributed by atoms with Crippen LogP contribution < -0.4 is 32.0 Å². The zero-order valence-electron chi connectivity index (χ0n) is 40.1. The van der Waals surface area contributed by atoms with Crippen LogP contribution in [-0.2, 0) is 29.0 Å². The standard InChI is InChI=1S/C49H59F4N5O11Si/c1-47(2,3)70(7,8)69-41-36(67-44(42(41)65-6)58-27-24-39(60)55-46(58)62)28-56(49(51,52)53)25-22-35-37(68-43(40(35)50)57-26-23-38(59)54-45(57)61)29-66-48(30-12-10-9-11-13-30,31-14-18-33(63-4)19-15-31)32-16-20-34(64-5)21-17-32/h9-21,23-24,26-27,35-37,40-44H,22,25,28-29H2,1-8H3,(H,54,59,61)(H,55,60,62)/t35-,36-,37-,40-,41-,42-,43-,44-/m1/s1. The van der Waals surface area contributed by atoms with Gasteiger partial charge in [0.2, 0.25) is 0 Å². The number of rotatable bonds is 18. The number of benzene rings is 3. The molecule has 3 aromatic carbocycles. The summed E-state index contributed by atoms with van der Waals surface area (Å²) in [5.41, 5.74) is -2.83. The van der Waals surface area contributed by atoms with Gasteiger partial charge in [-0.1, -0.05) is 75.4 Å². The number of methoxy groups -OCH3 is 3. The third-order valence-corrected chi connectivity index (χ3v) is 18.1. The summed E-state index contributed by atoms with van der Waals surface area (Å²) in [4.78, 5) is 54.7. The Balaban J connectivity index is 1.26. The summed E-state index contributed by atoms with van der Waals surface area (Å²) in [6.45, 7) is 7.68. The molecule has 21 heteroatoms. The van der Waals surface area contributed by atoms with Crippen LogP contribution in [0.15, 0.2) is 123 Å². The predicted octanol–water partition coefficient (Wildman–Crippen LogP) is 6.48. The predicted molar refractivity (Wildman–Crippen MR) is 252 cm³/mol. The minimum atomic E-state index is -5.02. The van der Waals surface area contributed by atoms with Gasteiger partial charge < -0.3 is 32.8 Å². The highest BCUT2D eigenvalue weighted by atomic mass is 28.4. The number of ether oxygens (including phenoxy) is 6. The number of nitrogens with one attached hydrogen (secondary N) is 2. The Morgan fingerprint density at radius 1 is 0.686 bits per heavy atom. The lowest BCUT2D eigenvalue weighted by Gasteiger charge is -2.41. The summed E-state index contributed by atoms with van der Waals surface area (Å²) in [6.07, 6.45) is -13.2. The molecule has 0 aliphatic carbocycles. The van der Waals surface area contributed by atoms with E-state index in [9.17, 15) is 19.2 Å². The van der Waals surface area contributed by atoms with Crippen LogP contribution in [0.4, 0.5) is 17.6 Å². The fourth-order valence-corrected chi connectivity index (χ4v) is 10.2. The van der Waals surface area contributed by atoms with Gasteiger partial charge in [-0.2, -0.15) is 13.2 Å². The Bertz CT molecular complexity index is 2730. The van der Waals surface area contributed by atoms with E-state index in [-0.39, 0.29) is 4.90 Å². The molecule has 5 aromatic rings. The smallest absolute Gasteiger partial charge is 0.460 e. The minimum Gasteiger partial charge on any atom is -0.497 e. The third-order valence-electron chi connectivity index (χ3n) is 13.6. The summed E-state index contributed by atoms with van der Waals surface area (Å²) < 4.78 is 109. The van der Waals surface area contributed by atoms with E-state index in [4.69, 9.17) is 32.8 Å². The zero-order valence-corrected chi connectivity index (χ0v) is 41.1. The van der Waals surface area contributed by atoms with Crippen LogP contribution in [-0.4, -0.2) is 110 Å². The van der Waals surface area contributed by atoms with E-state index in [2.05, 4.69) is 9.97 Å². The molecule has 0 saturated carbocycles. The first-order valence-electron chi connectivity index (χ1n) is 22.7. The molecule has 0 spiro atoms. The number of aromatic amines is 2. The minimum absolute atomic E-state index is 0.192. The fraction of sp³-hybridized carbons (Fsp3) is 0.469. The maximum Gasteiger partial charge on any atom is 0.460 e. The van der Waals surface area contributed by atoms with Crippen molar-refractivity contribution >= 4 is 8.32 Å². The molecule has 2 aliphatic rings. The first kappa shape index (κ1) is 52.1. The van der Waals surface area contributed by atoms with Gasteiger partial charge in [0.1, 0.15) is 35.4 Å². The first-order chi connectivity index (χ1) is 33.1. The van der Waals surface area contributed by atoms with Gasteiger partial charge in [-0.25, -0.2) is 18.9 Å². The fourth-order valence-electron chi connectivity index (χ4n) is 8.87. The van der Waals surface area contributed by atoms with Crippen molar-refractivity contribution in [2.75, 3.05) is 41.0 Å². The topological polar surface area (TPSA) is 178 Å². The molecule has 2 fully saturated rings. The van der Waals surface area contributed by atoms with Crippen LogP contribution in [0, 0.1) is 5.92 Å². The van der Waals surface area contributed by atoms with Crippen molar-refractivity contribution in [2.45, 2.75) is 100 Å². The molecule has 4 heterocycles. The molecule has 0 radical (unpaired) electrons. The number of nitrogens with zero attached hydrogens (tertiary/aromatic N) is 3. The Morgan fingerprint density at radius 2 is 1.19 bits per heavy atom. The highest BCUT2D eigenvalue weighted by molar-refractivity contribution is 6.74. The summed E-state index contributed by atoms with van der Waals surface area (Å²) in [7, 11) is 1.60. The van der Waals surface area contributed by atoms with Crippen molar-refractivity contribution in [1.29, 1.82) is 0 Å². The molecular formula is C49H59F4N5O11Si. The van der Waals surface area contributed by atoms with Gasteiger partial charge in [0, 0.05) is 50.6 Å². The molecule has 2 aliphatic heterocycles. The second-order valence-corrected chi connectivity index (χ2v) is 23.6. The Labute approximate surface area is 402 Å². The van der Waals surface area contributed by atoms with Crippen molar-refractivity contribution in [3.63, 3.8) is 0 Å². The molecule has 0 bridgehead atoms. The van der Waals surface area contributed by atoms with Crippen LogP contribution in [0.5, 0.6) is 11.5 Å². The molecule has 2 aromatic heterocycles. The Morgan fingerprint density at radius 3 is 1.66 bits per heavy atom. The van der Waals surface area contributed by atoms with Crippen molar-refractivity contribution in [3.05, 3.63) is 162 Å². The van der Waals surface area contributed by atoms with Crippen LogP contribution in [0.25, 0.3) is 0 Å². The molecule has 0 unspecified atom stereocenters. The van der Waals surface area contributed by atoms with E-state index in [1.165, 1.54) is 27.5 Å². The molecule has 16 nitrogen and oxygen atoms in total. The van der Waals surface area contributed by atoms with Gasteiger partial charge in [-0.05, 0) is 65.5 Å². The van der Waals surface area contributed by atoms with E-state index in [1.54, 1.807) is 24.3 Å². The molecule has 378 valence electrons. The highest BCUT2D eigenvalue weighted by Gasteiger charge is 2.54. The lowest BCUT2D eigenvalue weighted by atomic mass is 9.80. The quantitative estimate of drug-likeness (QED) is 0.0424. The van der Waals surface area contributed by atoms with Crippen molar-refractivity contribution < 1.29 is 50.4 Å². The van der Waals surface area contributed by atoms with E-state index in [1.807, 2.05) is 88.5 Å². The van der Waals surface area contributed by atoms with Gasteiger partial charge in [0.15, 0.2) is 26.9 Å². The van der Waals surface area contributed by atoms with Crippen molar-refractivity contribution in [2.24, 2.45) is 5.92 Å². The maximum atomic E-state index is 17.3. The van der Waals surface area contributed by atoms with E-state index < -0.39 is 123 Å². The number of hydrogen-bond donors (Lipinski definition) is 2. The summed E-state index contributed by atoms with van der Waals surface area (Å²) in [5, 5.41) is -0.411. The molecule has 2 N–H and O–H groups in total. The SMILES string of the molecule is COc1ccc(C(OC[C@H]2O[C@@H](n3ccc(=O)[nH]c3=O)[C@H](F)[C@@H]2CCN(C[C@H]2O[C@@H](n3ccc(=O)[nH]c3=O)[C@H](OC)[C@@H]2O[Si](C)(C)C(C)(C)C)C(F)(F)F)(c2ccccc2)c2ccc(OC)cc2)cc1. The number of H-pyrrole nitrogens is 2. The van der Waals surface area contributed by atoms with Crippen molar-refractivity contribution in [3.8, 4) is 11.5 Å². The van der Waals surface area contributed by atoms with Crippen molar-refractivity contribution in [1.82, 2.24) is 24.0 Å². The molecule has 0 amide bonds. The van der Waals surface area contributed by atoms with Crippen LogP contribution in [0.2, 0.25) is 18.1 Å². The lowest BCUT2D eigenvalue weighted by Crippen LogP contribution is -2.53. The number of alkyl halides is 4. The van der Waals surface area contributed by atoms with Gasteiger partial charge in [0.05, 0.1) is 26.9 Å². The second kappa shape index (κ2) is 21.0. The van der Waals surface area contributed by atoms with E-state index >= 15 is 17.6 Å². The van der Waals surface area contributed by atoms with E-state index in [0.717, 1.165) is 27.5 Å². The van der Waals surface area contributed by atoms with Crippen LogP contribution in [0.1, 0.15) is 56.3 Å². The normalized spacial score (nSPS) is 23.2. The number of aromatic nitrogens is 4. The molecule has 70 heavy (non-hydrogen) atoms. The Hall–Kier alpha value is -5.68. The average Bonchev–Trinajstić information content (AvgIpc) is 3.81. The summed E-state index contributed by atoms with van der Waals surface area (Å²) in [5.74, 6) is -0.220. The third kappa shape index (κ3) is 10.8. The van der Waals surface area contributed by atoms with Gasteiger partial charge in [0.25, 0.3) is 11.1 Å². The summed E-state index contributed by atoms with van der Waals surface area (Å²) >= 11 is 0. The summed E-state index contributed by atoms with van der Waals surface area (Å²) in [6, 6.07) is 25.5. The largest absolute Gasteiger partial charge is 0.497 e. The monoisotopic (exact) mass is 997 g/mol. The molecular weight excluding hydrogens is 939 g/mol. The lowest BCUT2D eigenvalue weighted by molar-refractivity contribution is -0.255. The maximum absolute atomic E-state index is 17.3. The molecule has 7 rings (SSSR count). The van der Waals surface area contributed by atoms with Gasteiger partial charge in [-0.3, -0.25) is 28.7 Å². The van der Waals surface area contributed by atoms with Crippen LogP contribution in [0.3, 0.4) is 0 Å². The van der Waals surface area contributed by atoms with E-state index in [0.29, 0.717) is 28.2 Å². The molecule has 2 saturated heterocycles. The second-order valence-electron chi connectivity index (χ2n) is 18.8. The molecule has 8 atom stereocenters. The van der Waals surface area contributed by atoms with Crippen LogP contribution >= 0.6 is 0 Å². The zero-order chi connectivity index (χ0) is 50.8. The first-order valence-corrected chi connectivity index (χ1v) is 25.6. The average molecular weight is 998 g/mol.